The predicted octanol–water partition coefficient (Wildman–Crippen LogP) is 7.42. The lowest BCUT2D eigenvalue weighted by Crippen LogP contribution is -2.44. The van der Waals surface area contributed by atoms with E-state index in [1.54, 1.807) is 5.56 Å². The maximum absolute atomic E-state index is 2.67. The van der Waals surface area contributed by atoms with E-state index in [-0.39, 0.29) is 0 Å². The van der Waals surface area contributed by atoms with Crippen LogP contribution in [0, 0.1) is 0 Å². The van der Waals surface area contributed by atoms with Crippen molar-refractivity contribution in [1.82, 2.24) is 4.90 Å². The van der Waals surface area contributed by atoms with Crippen LogP contribution in [-0.2, 0) is 6.42 Å². The predicted molar refractivity (Wildman–Crippen MR) is 127 cm³/mol. The minimum atomic E-state index is 0.779. The molecule has 2 heteroatoms. The zero-order valence-corrected chi connectivity index (χ0v) is 20.1. The monoisotopic (exact) mass is 378 g/mol. The van der Waals surface area contributed by atoms with Crippen LogP contribution >= 0.6 is 0 Å². The number of para-hydroxylation sites is 1. The lowest BCUT2D eigenvalue weighted by Gasteiger charge is -2.38. The lowest BCUT2D eigenvalue weighted by molar-refractivity contribution is 0.207. The molecule has 27 heavy (non-hydrogen) atoms. The Morgan fingerprint density at radius 1 is 0.815 bits per heavy atom. The fraction of sp³-hybridized carbons (Fsp3) is 0.760. The van der Waals surface area contributed by atoms with E-state index in [0.717, 1.165) is 6.04 Å². The maximum Gasteiger partial charge on any atom is 0.0402 e. The third kappa shape index (κ3) is 9.65. The summed E-state index contributed by atoms with van der Waals surface area (Å²) in [5, 5.41) is 0. The molecule has 2 aliphatic rings. The second-order valence-electron chi connectivity index (χ2n) is 6.00. The Kier molecular flexibility index (Phi) is 20.6. The van der Waals surface area contributed by atoms with Gasteiger partial charge in [-0.2, -0.15) is 0 Å². The molecule has 1 aromatic carbocycles. The molecule has 3 rings (SSSR count). The van der Waals surface area contributed by atoms with Gasteiger partial charge in [-0.15, -0.1) is 0 Å². The third-order valence-corrected chi connectivity index (χ3v) is 4.75. The highest BCUT2D eigenvalue weighted by atomic mass is 15.2. The molecule has 1 aromatic rings. The average molecular weight is 379 g/mol. The zero-order valence-electron chi connectivity index (χ0n) is 20.1. The molecule has 1 saturated heterocycles. The van der Waals surface area contributed by atoms with Gasteiger partial charge in [0, 0.05) is 31.4 Å². The Bertz CT molecular complexity index is 409. The molecule has 0 saturated carbocycles. The van der Waals surface area contributed by atoms with Gasteiger partial charge in [0.2, 0.25) is 0 Å². The molecule has 0 unspecified atom stereocenters. The van der Waals surface area contributed by atoms with Gasteiger partial charge in [0.25, 0.3) is 0 Å². The first-order chi connectivity index (χ1) is 13.4. The van der Waals surface area contributed by atoms with Crippen LogP contribution in [-0.4, -0.2) is 37.1 Å². The van der Waals surface area contributed by atoms with Gasteiger partial charge in [-0.1, -0.05) is 86.9 Å². The maximum atomic E-state index is 2.67. The molecule has 0 aromatic heterocycles. The van der Waals surface area contributed by atoms with Gasteiger partial charge >= 0.3 is 0 Å². The first-order valence-electron chi connectivity index (χ1n) is 12.0. The van der Waals surface area contributed by atoms with Gasteiger partial charge in [-0.25, -0.2) is 0 Å². The number of piperidine rings is 1. The number of hydrogen-bond donors (Lipinski definition) is 0. The molecule has 2 aliphatic heterocycles. The number of hydrogen-bond acceptors (Lipinski definition) is 2. The SMILES string of the molecule is CC.CC.CC.CC.CCCCN1CCC(N2CCc3ccccc32)CC1. The van der Waals surface area contributed by atoms with Gasteiger partial charge in [0.1, 0.15) is 0 Å². The molecule has 0 radical (unpaired) electrons. The highest BCUT2D eigenvalue weighted by Gasteiger charge is 2.28. The Morgan fingerprint density at radius 2 is 1.37 bits per heavy atom. The first kappa shape index (κ1) is 28.2. The van der Waals surface area contributed by atoms with Crippen molar-refractivity contribution in [2.75, 3.05) is 31.1 Å². The minimum absolute atomic E-state index is 0.779. The summed E-state index contributed by atoms with van der Waals surface area (Å²) in [5.41, 5.74) is 3.06. The molecular formula is C25H50N2. The van der Waals surface area contributed by atoms with Crippen molar-refractivity contribution in [2.24, 2.45) is 0 Å². The van der Waals surface area contributed by atoms with Gasteiger partial charge in [-0.05, 0) is 43.9 Å². The first-order valence-corrected chi connectivity index (χ1v) is 12.0. The lowest BCUT2D eigenvalue weighted by atomic mass is 10.0. The Labute approximate surface area is 172 Å². The van der Waals surface area contributed by atoms with Crippen LogP contribution in [0.25, 0.3) is 0 Å². The topological polar surface area (TPSA) is 6.48 Å². The van der Waals surface area contributed by atoms with E-state index in [1.165, 1.54) is 64.0 Å². The quantitative estimate of drug-likeness (QED) is 0.538. The van der Waals surface area contributed by atoms with Gasteiger partial charge in [-0.3, -0.25) is 0 Å². The van der Waals surface area contributed by atoms with Crippen molar-refractivity contribution in [1.29, 1.82) is 0 Å². The molecule has 160 valence electrons. The van der Waals surface area contributed by atoms with Crippen molar-refractivity contribution in [3.63, 3.8) is 0 Å². The van der Waals surface area contributed by atoms with Crippen LogP contribution < -0.4 is 4.90 Å². The number of nitrogens with zero attached hydrogens (tertiary/aromatic N) is 2. The van der Waals surface area contributed by atoms with E-state index in [4.69, 9.17) is 0 Å². The van der Waals surface area contributed by atoms with Crippen molar-refractivity contribution in [2.45, 2.75) is 100 Å². The Hall–Kier alpha value is -1.02. The van der Waals surface area contributed by atoms with Crippen molar-refractivity contribution >= 4 is 5.69 Å². The number of benzene rings is 1. The van der Waals surface area contributed by atoms with E-state index >= 15 is 0 Å². The summed E-state index contributed by atoms with van der Waals surface area (Å²) in [6, 6.07) is 9.75. The second-order valence-corrected chi connectivity index (χ2v) is 6.00. The molecular weight excluding hydrogens is 328 g/mol. The molecule has 2 nitrogen and oxygen atoms in total. The largest absolute Gasteiger partial charge is 0.368 e. The van der Waals surface area contributed by atoms with Gasteiger partial charge in [0.15, 0.2) is 0 Å². The molecule has 0 bridgehead atoms. The summed E-state index contributed by atoms with van der Waals surface area (Å²) in [4.78, 5) is 5.33. The highest BCUT2D eigenvalue weighted by Crippen LogP contribution is 2.32. The van der Waals surface area contributed by atoms with E-state index in [1.807, 2.05) is 55.4 Å². The van der Waals surface area contributed by atoms with Crippen LogP contribution in [0.4, 0.5) is 5.69 Å². The Balaban J connectivity index is 0. The van der Waals surface area contributed by atoms with Crippen LogP contribution in [0.3, 0.4) is 0 Å². The molecule has 0 atom stereocenters. The summed E-state index contributed by atoms with van der Waals surface area (Å²) < 4.78 is 0. The summed E-state index contributed by atoms with van der Waals surface area (Å²) in [7, 11) is 0. The zero-order chi connectivity index (χ0) is 21.1. The fourth-order valence-electron chi connectivity index (χ4n) is 3.58. The van der Waals surface area contributed by atoms with Crippen molar-refractivity contribution < 1.29 is 0 Å². The average Bonchev–Trinajstić information content (AvgIpc) is 3.22. The summed E-state index contributed by atoms with van der Waals surface area (Å²) >= 11 is 0. The standard InChI is InChI=1S/C17H26N2.4C2H6/c1-2-3-11-18-12-9-16(10-13-18)19-14-8-15-6-4-5-7-17(15)19;4*1-2/h4-7,16H,2-3,8-14H2,1H3;4*1-2H3. The summed E-state index contributed by atoms with van der Waals surface area (Å²) in [6.45, 7) is 23.4. The van der Waals surface area contributed by atoms with Crippen LogP contribution in [0.5, 0.6) is 0 Å². The van der Waals surface area contributed by atoms with Gasteiger partial charge < -0.3 is 9.80 Å². The van der Waals surface area contributed by atoms with Crippen LogP contribution in [0.1, 0.15) is 93.6 Å². The number of fused-ring (bicyclic) bond motifs is 1. The normalized spacial score (nSPS) is 15.5. The van der Waals surface area contributed by atoms with Crippen molar-refractivity contribution in [3.05, 3.63) is 29.8 Å². The van der Waals surface area contributed by atoms with Crippen LogP contribution in [0.2, 0.25) is 0 Å². The minimum Gasteiger partial charge on any atom is -0.368 e. The smallest absolute Gasteiger partial charge is 0.0402 e. The van der Waals surface area contributed by atoms with E-state index in [0.29, 0.717) is 0 Å². The number of rotatable bonds is 4. The Morgan fingerprint density at radius 3 is 1.93 bits per heavy atom. The van der Waals surface area contributed by atoms with E-state index < -0.39 is 0 Å². The van der Waals surface area contributed by atoms with Crippen LogP contribution in [0.15, 0.2) is 24.3 Å². The second kappa shape index (κ2) is 19.7. The molecule has 0 amide bonds. The van der Waals surface area contributed by atoms with Crippen molar-refractivity contribution in [3.8, 4) is 0 Å². The fourth-order valence-corrected chi connectivity index (χ4v) is 3.58. The van der Waals surface area contributed by atoms with E-state index in [2.05, 4.69) is 41.0 Å². The summed E-state index contributed by atoms with van der Waals surface area (Å²) in [5.74, 6) is 0. The van der Waals surface area contributed by atoms with E-state index in [9.17, 15) is 0 Å². The number of likely N-dealkylation sites (tertiary alicyclic amines) is 1. The number of unbranched alkanes of at least 4 members (excludes halogenated alkanes) is 1. The molecule has 2 heterocycles. The molecule has 0 N–H and O–H groups in total. The van der Waals surface area contributed by atoms with Gasteiger partial charge in [0.05, 0.1) is 0 Å². The molecule has 1 fully saturated rings. The number of anilines is 1. The molecule has 0 aliphatic carbocycles. The summed E-state index contributed by atoms with van der Waals surface area (Å²) in [6.07, 6.45) is 6.61. The molecule has 0 spiro atoms. The highest BCUT2D eigenvalue weighted by molar-refractivity contribution is 5.58. The third-order valence-electron chi connectivity index (χ3n) is 4.75.